The number of hydrogen-bond acceptors (Lipinski definition) is 5. The van der Waals surface area contributed by atoms with Gasteiger partial charge in [0.1, 0.15) is 6.04 Å². The van der Waals surface area contributed by atoms with Crippen LogP contribution in [0.3, 0.4) is 0 Å². The van der Waals surface area contributed by atoms with Crippen LogP contribution in [-0.4, -0.2) is 30.7 Å². The van der Waals surface area contributed by atoms with E-state index in [1.54, 1.807) is 12.3 Å². The van der Waals surface area contributed by atoms with E-state index in [0.717, 1.165) is 0 Å². The van der Waals surface area contributed by atoms with Crippen molar-refractivity contribution in [3.8, 4) is 5.75 Å². The minimum Gasteiger partial charge on any atom is -0.490 e. The molecule has 1 aromatic rings. The van der Waals surface area contributed by atoms with E-state index in [-0.39, 0.29) is 5.97 Å². The molecule has 1 atom stereocenters. The van der Waals surface area contributed by atoms with Crippen molar-refractivity contribution >= 4 is 11.8 Å². The van der Waals surface area contributed by atoms with Gasteiger partial charge in [-0.15, -0.1) is 0 Å². The summed E-state index contributed by atoms with van der Waals surface area (Å²) in [7, 11) is 1.39. The Kier molecular flexibility index (Phi) is 6.12. The summed E-state index contributed by atoms with van der Waals surface area (Å²) in [4.78, 5) is 16.0. The standard InChI is InChI=1S/C14H22N2O3/c1-5-19-12-7-6-8-15-13(12)16-11(9-10(2)3)14(17)18-4/h6-8,10-11H,5,9H2,1-4H3,(H,15,16). The van der Waals surface area contributed by atoms with Gasteiger partial charge >= 0.3 is 5.97 Å². The third-order valence-electron chi connectivity index (χ3n) is 2.57. The van der Waals surface area contributed by atoms with E-state index in [2.05, 4.69) is 24.1 Å². The number of nitrogens with zero attached hydrogens (tertiary/aromatic N) is 1. The molecule has 5 heteroatoms. The lowest BCUT2D eigenvalue weighted by Gasteiger charge is -2.20. The molecule has 106 valence electrons. The maximum atomic E-state index is 11.8. The summed E-state index contributed by atoms with van der Waals surface area (Å²) in [5.74, 6) is 1.29. The van der Waals surface area contributed by atoms with Crippen LogP contribution in [0.1, 0.15) is 27.2 Å². The number of esters is 1. The Morgan fingerprint density at radius 1 is 1.47 bits per heavy atom. The van der Waals surface area contributed by atoms with Crippen LogP contribution in [-0.2, 0) is 9.53 Å². The van der Waals surface area contributed by atoms with Crippen LogP contribution < -0.4 is 10.1 Å². The minimum atomic E-state index is -0.417. The van der Waals surface area contributed by atoms with Crippen molar-refractivity contribution < 1.29 is 14.3 Å². The lowest BCUT2D eigenvalue weighted by Crippen LogP contribution is -2.32. The molecular weight excluding hydrogens is 244 g/mol. The van der Waals surface area contributed by atoms with Gasteiger partial charge in [-0.05, 0) is 31.4 Å². The molecule has 0 aromatic carbocycles. The molecule has 1 N–H and O–H groups in total. The van der Waals surface area contributed by atoms with Crippen LogP contribution in [0.15, 0.2) is 18.3 Å². The SMILES string of the molecule is CCOc1cccnc1NC(CC(C)C)C(=O)OC. The van der Waals surface area contributed by atoms with Crippen LogP contribution >= 0.6 is 0 Å². The summed E-state index contributed by atoms with van der Waals surface area (Å²) in [6.45, 7) is 6.56. The van der Waals surface area contributed by atoms with E-state index in [0.29, 0.717) is 30.5 Å². The van der Waals surface area contributed by atoms with E-state index in [4.69, 9.17) is 9.47 Å². The monoisotopic (exact) mass is 266 g/mol. The first kappa shape index (κ1) is 15.3. The highest BCUT2D eigenvalue weighted by atomic mass is 16.5. The van der Waals surface area contributed by atoms with Gasteiger partial charge in [-0.2, -0.15) is 0 Å². The number of pyridine rings is 1. The van der Waals surface area contributed by atoms with Crippen molar-refractivity contribution in [2.45, 2.75) is 33.2 Å². The van der Waals surface area contributed by atoms with E-state index < -0.39 is 6.04 Å². The quantitative estimate of drug-likeness (QED) is 0.768. The molecule has 0 fully saturated rings. The first-order valence-corrected chi connectivity index (χ1v) is 6.50. The molecule has 19 heavy (non-hydrogen) atoms. The first-order valence-electron chi connectivity index (χ1n) is 6.50. The molecule has 1 heterocycles. The number of methoxy groups -OCH3 is 1. The van der Waals surface area contributed by atoms with E-state index in [1.165, 1.54) is 7.11 Å². The van der Waals surface area contributed by atoms with Crippen LogP contribution in [0.5, 0.6) is 5.75 Å². The predicted octanol–water partition coefficient (Wildman–Crippen LogP) is 2.48. The predicted molar refractivity (Wildman–Crippen MR) is 74.3 cm³/mol. The number of carbonyl (C=O) groups excluding carboxylic acids is 1. The van der Waals surface area contributed by atoms with E-state index in [9.17, 15) is 4.79 Å². The van der Waals surface area contributed by atoms with E-state index >= 15 is 0 Å². The fourth-order valence-corrected chi connectivity index (χ4v) is 1.76. The van der Waals surface area contributed by atoms with Gasteiger partial charge in [0.15, 0.2) is 11.6 Å². The second-order valence-electron chi connectivity index (χ2n) is 4.63. The molecule has 0 aliphatic rings. The number of rotatable bonds is 7. The Bertz CT molecular complexity index is 407. The van der Waals surface area contributed by atoms with Gasteiger partial charge in [-0.1, -0.05) is 13.8 Å². The number of carbonyl (C=O) groups is 1. The lowest BCUT2D eigenvalue weighted by atomic mass is 10.0. The Labute approximate surface area is 114 Å². The van der Waals surface area contributed by atoms with Gasteiger partial charge in [-0.25, -0.2) is 9.78 Å². The summed E-state index contributed by atoms with van der Waals surface area (Å²) < 4.78 is 10.3. The van der Waals surface area contributed by atoms with Gasteiger partial charge in [0, 0.05) is 6.20 Å². The van der Waals surface area contributed by atoms with Crippen LogP contribution in [0.4, 0.5) is 5.82 Å². The normalized spacial score (nSPS) is 12.1. The lowest BCUT2D eigenvalue weighted by molar-refractivity contribution is -0.141. The summed E-state index contributed by atoms with van der Waals surface area (Å²) in [6.07, 6.45) is 2.34. The Balaban J connectivity index is 2.86. The number of ether oxygens (including phenoxy) is 2. The molecule has 0 saturated heterocycles. The third-order valence-corrected chi connectivity index (χ3v) is 2.57. The average Bonchev–Trinajstić information content (AvgIpc) is 2.39. The Hall–Kier alpha value is -1.78. The Morgan fingerprint density at radius 3 is 2.79 bits per heavy atom. The van der Waals surface area contributed by atoms with Crippen molar-refractivity contribution in [3.63, 3.8) is 0 Å². The molecule has 0 bridgehead atoms. The summed E-state index contributed by atoms with van der Waals surface area (Å²) in [5, 5.41) is 3.10. The summed E-state index contributed by atoms with van der Waals surface area (Å²) in [6, 6.07) is 3.20. The second kappa shape index (κ2) is 7.61. The average molecular weight is 266 g/mol. The molecular formula is C14H22N2O3. The molecule has 0 aliphatic heterocycles. The van der Waals surface area contributed by atoms with Gasteiger partial charge < -0.3 is 14.8 Å². The van der Waals surface area contributed by atoms with Gasteiger partial charge in [0.05, 0.1) is 13.7 Å². The van der Waals surface area contributed by atoms with Crippen molar-refractivity contribution in [2.75, 3.05) is 19.0 Å². The van der Waals surface area contributed by atoms with Crippen LogP contribution in [0.2, 0.25) is 0 Å². The molecule has 0 spiro atoms. The Morgan fingerprint density at radius 2 is 2.21 bits per heavy atom. The highest BCUT2D eigenvalue weighted by Crippen LogP contribution is 2.23. The highest BCUT2D eigenvalue weighted by Gasteiger charge is 2.22. The number of aromatic nitrogens is 1. The number of nitrogens with one attached hydrogen (secondary N) is 1. The van der Waals surface area contributed by atoms with Crippen LogP contribution in [0.25, 0.3) is 0 Å². The fraction of sp³-hybridized carbons (Fsp3) is 0.571. The van der Waals surface area contributed by atoms with Gasteiger partial charge in [0.25, 0.3) is 0 Å². The molecule has 1 aromatic heterocycles. The fourth-order valence-electron chi connectivity index (χ4n) is 1.76. The van der Waals surface area contributed by atoms with Crippen molar-refractivity contribution in [1.29, 1.82) is 0 Å². The number of hydrogen-bond donors (Lipinski definition) is 1. The summed E-state index contributed by atoms with van der Waals surface area (Å²) >= 11 is 0. The van der Waals surface area contributed by atoms with Crippen molar-refractivity contribution in [3.05, 3.63) is 18.3 Å². The molecule has 5 nitrogen and oxygen atoms in total. The van der Waals surface area contributed by atoms with Crippen molar-refractivity contribution in [2.24, 2.45) is 5.92 Å². The minimum absolute atomic E-state index is 0.290. The van der Waals surface area contributed by atoms with Gasteiger partial charge in [0.2, 0.25) is 0 Å². The molecule has 1 rings (SSSR count). The molecule has 0 amide bonds. The molecule has 0 radical (unpaired) electrons. The maximum Gasteiger partial charge on any atom is 0.328 e. The van der Waals surface area contributed by atoms with Crippen molar-refractivity contribution in [1.82, 2.24) is 4.98 Å². The summed E-state index contributed by atoms with van der Waals surface area (Å²) in [5.41, 5.74) is 0. The highest BCUT2D eigenvalue weighted by molar-refractivity contribution is 5.79. The molecule has 1 unspecified atom stereocenters. The largest absolute Gasteiger partial charge is 0.490 e. The van der Waals surface area contributed by atoms with Gasteiger partial charge in [-0.3, -0.25) is 0 Å². The number of anilines is 1. The molecule has 0 saturated carbocycles. The topological polar surface area (TPSA) is 60.5 Å². The zero-order chi connectivity index (χ0) is 14.3. The smallest absolute Gasteiger partial charge is 0.328 e. The zero-order valence-electron chi connectivity index (χ0n) is 12.0. The third kappa shape index (κ3) is 4.77. The molecule has 0 aliphatic carbocycles. The van der Waals surface area contributed by atoms with E-state index in [1.807, 2.05) is 13.0 Å². The zero-order valence-corrected chi connectivity index (χ0v) is 12.0. The maximum absolute atomic E-state index is 11.8. The first-order chi connectivity index (χ1) is 9.08. The van der Waals surface area contributed by atoms with Crippen LogP contribution in [0, 0.1) is 5.92 Å². The second-order valence-corrected chi connectivity index (χ2v) is 4.63.